The molecule has 0 aliphatic rings. The second kappa shape index (κ2) is 4.84. The normalized spacial score (nSPS) is 15.0. The second-order valence-electron chi connectivity index (χ2n) is 4.47. The van der Waals surface area contributed by atoms with Gasteiger partial charge >= 0.3 is 0 Å². The maximum atomic E-state index is 13.7. The SMILES string of the molecule is CCC(C)n1c(C(C)Cl)nc2c(F)cc(F)cc21. The first-order chi connectivity index (χ1) is 8.45. The van der Waals surface area contributed by atoms with Gasteiger partial charge in [0.1, 0.15) is 17.2 Å². The van der Waals surface area contributed by atoms with Gasteiger partial charge in [-0.1, -0.05) is 6.92 Å². The molecule has 2 aromatic rings. The summed E-state index contributed by atoms with van der Waals surface area (Å²) in [7, 11) is 0. The highest BCUT2D eigenvalue weighted by Crippen LogP contribution is 2.30. The molecular formula is C13H15ClF2N2. The maximum Gasteiger partial charge on any atom is 0.153 e. The molecule has 0 fully saturated rings. The monoisotopic (exact) mass is 272 g/mol. The fourth-order valence-electron chi connectivity index (χ4n) is 2.06. The van der Waals surface area contributed by atoms with Crippen molar-refractivity contribution in [2.24, 2.45) is 0 Å². The number of hydrogen-bond acceptors (Lipinski definition) is 1. The molecule has 0 bridgehead atoms. The van der Waals surface area contributed by atoms with Crippen molar-refractivity contribution >= 4 is 22.6 Å². The van der Waals surface area contributed by atoms with E-state index in [1.807, 2.05) is 18.4 Å². The van der Waals surface area contributed by atoms with Gasteiger partial charge in [-0.2, -0.15) is 0 Å². The van der Waals surface area contributed by atoms with E-state index in [0.29, 0.717) is 11.3 Å². The maximum absolute atomic E-state index is 13.7. The summed E-state index contributed by atoms with van der Waals surface area (Å²) in [6.45, 7) is 5.76. The zero-order valence-corrected chi connectivity index (χ0v) is 11.3. The molecule has 98 valence electrons. The van der Waals surface area contributed by atoms with Crippen molar-refractivity contribution in [3.8, 4) is 0 Å². The number of halogens is 3. The Bertz CT molecular complexity index is 578. The quantitative estimate of drug-likeness (QED) is 0.748. The van der Waals surface area contributed by atoms with Gasteiger partial charge in [-0.15, -0.1) is 11.6 Å². The lowest BCUT2D eigenvalue weighted by Gasteiger charge is -2.16. The predicted octanol–water partition coefficient (Wildman–Crippen LogP) is 4.59. The highest BCUT2D eigenvalue weighted by molar-refractivity contribution is 6.20. The molecule has 2 atom stereocenters. The van der Waals surface area contributed by atoms with Crippen LogP contribution in [0.25, 0.3) is 11.0 Å². The van der Waals surface area contributed by atoms with Gasteiger partial charge in [0.25, 0.3) is 0 Å². The molecule has 1 aromatic heterocycles. The van der Waals surface area contributed by atoms with Crippen LogP contribution >= 0.6 is 11.6 Å². The number of fused-ring (bicyclic) bond motifs is 1. The molecular weight excluding hydrogens is 258 g/mol. The van der Waals surface area contributed by atoms with Crippen LogP contribution in [0.5, 0.6) is 0 Å². The summed E-state index contributed by atoms with van der Waals surface area (Å²) in [6, 6.07) is 2.24. The van der Waals surface area contributed by atoms with Gasteiger partial charge in [0.05, 0.1) is 10.9 Å². The Morgan fingerprint density at radius 3 is 2.56 bits per heavy atom. The fraction of sp³-hybridized carbons (Fsp3) is 0.462. The summed E-state index contributed by atoms with van der Waals surface area (Å²) in [4.78, 5) is 4.21. The van der Waals surface area contributed by atoms with Crippen LogP contribution in [0.4, 0.5) is 8.78 Å². The number of hydrogen-bond donors (Lipinski definition) is 0. The molecule has 0 aliphatic carbocycles. The molecule has 0 saturated carbocycles. The van der Waals surface area contributed by atoms with Crippen LogP contribution in [-0.2, 0) is 0 Å². The first kappa shape index (κ1) is 13.3. The van der Waals surface area contributed by atoms with E-state index in [0.717, 1.165) is 12.5 Å². The molecule has 1 aromatic carbocycles. The summed E-state index contributed by atoms with van der Waals surface area (Å²) in [5.41, 5.74) is 0.642. The Kier molecular flexibility index (Phi) is 3.57. The van der Waals surface area contributed by atoms with Gasteiger partial charge < -0.3 is 4.57 Å². The molecule has 2 unspecified atom stereocenters. The van der Waals surface area contributed by atoms with E-state index in [4.69, 9.17) is 11.6 Å². The largest absolute Gasteiger partial charge is 0.324 e. The van der Waals surface area contributed by atoms with Crippen molar-refractivity contribution in [2.45, 2.75) is 38.6 Å². The lowest BCUT2D eigenvalue weighted by Crippen LogP contribution is -2.09. The Labute approximate surface area is 110 Å². The van der Waals surface area contributed by atoms with Gasteiger partial charge in [-0.3, -0.25) is 0 Å². The van der Waals surface area contributed by atoms with Gasteiger partial charge in [0.2, 0.25) is 0 Å². The first-order valence-corrected chi connectivity index (χ1v) is 6.40. The molecule has 0 spiro atoms. The van der Waals surface area contributed by atoms with E-state index in [1.54, 1.807) is 6.92 Å². The number of benzene rings is 1. The zero-order valence-electron chi connectivity index (χ0n) is 10.5. The van der Waals surface area contributed by atoms with Gasteiger partial charge in [-0.05, 0) is 26.3 Å². The first-order valence-electron chi connectivity index (χ1n) is 5.96. The van der Waals surface area contributed by atoms with Crippen LogP contribution < -0.4 is 0 Å². The number of aromatic nitrogens is 2. The lowest BCUT2D eigenvalue weighted by atomic mass is 10.2. The van der Waals surface area contributed by atoms with Crippen molar-refractivity contribution in [3.63, 3.8) is 0 Å². The van der Waals surface area contributed by atoms with Crippen molar-refractivity contribution in [1.82, 2.24) is 9.55 Å². The average Bonchev–Trinajstić information content (AvgIpc) is 2.67. The summed E-state index contributed by atoms with van der Waals surface area (Å²) < 4.78 is 28.9. The zero-order chi connectivity index (χ0) is 13.4. The summed E-state index contributed by atoms with van der Waals surface area (Å²) in [6.07, 6.45) is 0.834. The number of rotatable bonds is 3. The van der Waals surface area contributed by atoms with Gasteiger partial charge in [0, 0.05) is 12.1 Å². The minimum atomic E-state index is -0.648. The van der Waals surface area contributed by atoms with Crippen molar-refractivity contribution in [2.75, 3.05) is 0 Å². The Morgan fingerprint density at radius 1 is 1.33 bits per heavy atom. The van der Waals surface area contributed by atoms with E-state index >= 15 is 0 Å². The molecule has 5 heteroatoms. The molecule has 0 N–H and O–H groups in total. The van der Waals surface area contributed by atoms with E-state index in [1.165, 1.54) is 6.07 Å². The standard InChI is InChI=1S/C13H15ClF2N2/c1-4-7(2)18-11-6-9(15)5-10(16)12(11)17-13(18)8(3)14/h5-8H,4H2,1-3H3. The van der Waals surface area contributed by atoms with E-state index in [-0.39, 0.29) is 16.9 Å². The van der Waals surface area contributed by atoms with Crippen LogP contribution in [0, 0.1) is 11.6 Å². The molecule has 0 aliphatic heterocycles. The summed E-state index contributed by atoms with van der Waals surface area (Å²) >= 11 is 6.07. The number of nitrogens with zero attached hydrogens (tertiary/aromatic N) is 2. The molecule has 0 amide bonds. The van der Waals surface area contributed by atoms with Crippen molar-refractivity contribution in [1.29, 1.82) is 0 Å². The molecule has 0 saturated heterocycles. The van der Waals surface area contributed by atoms with Crippen molar-refractivity contribution in [3.05, 3.63) is 29.6 Å². The lowest BCUT2D eigenvalue weighted by molar-refractivity contribution is 0.520. The topological polar surface area (TPSA) is 17.8 Å². The number of imidazole rings is 1. The highest BCUT2D eigenvalue weighted by Gasteiger charge is 2.20. The third kappa shape index (κ3) is 2.09. The average molecular weight is 273 g/mol. The smallest absolute Gasteiger partial charge is 0.153 e. The molecule has 18 heavy (non-hydrogen) atoms. The third-order valence-electron chi connectivity index (χ3n) is 3.13. The summed E-state index contributed by atoms with van der Waals surface area (Å²) in [5.74, 6) is -0.672. The highest BCUT2D eigenvalue weighted by atomic mass is 35.5. The molecule has 1 heterocycles. The van der Waals surface area contributed by atoms with E-state index < -0.39 is 11.6 Å². The Morgan fingerprint density at radius 2 is 2.00 bits per heavy atom. The fourth-order valence-corrected chi connectivity index (χ4v) is 2.22. The minimum absolute atomic E-state index is 0.0902. The molecule has 0 radical (unpaired) electrons. The number of alkyl halides is 1. The molecule has 2 rings (SSSR count). The van der Waals surface area contributed by atoms with Crippen LogP contribution in [-0.4, -0.2) is 9.55 Å². The van der Waals surface area contributed by atoms with Crippen LogP contribution in [0.15, 0.2) is 12.1 Å². The van der Waals surface area contributed by atoms with Crippen LogP contribution in [0.2, 0.25) is 0 Å². The minimum Gasteiger partial charge on any atom is -0.324 e. The van der Waals surface area contributed by atoms with Crippen molar-refractivity contribution < 1.29 is 8.78 Å². The predicted molar refractivity (Wildman–Crippen MR) is 68.9 cm³/mol. The van der Waals surface area contributed by atoms with Gasteiger partial charge in [0.15, 0.2) is 5.82 Å². The third-order valence-corrected chi connectivity index (χ3v) is 3.32. The molecule has 2 nitrogen and oxygen atoms in total. The van der Waals surface area contributed by atoms with Crippen LogP contribution in [0.1, 0.15) is 44.4 Å². The van der Waals surface area contributed by atoms with E-state index in [2.05, 4.69) is 4.98 Å². The van der Waals surface area contributed by atoms with Crippen LogP contribution in [0.3, 0.4) is 0 Å². The van der Waals surface area contributed by atoms with E-state index in [9.17, 15) is 8.78 Å². The Balaban J connectivity index is 2.81. The Hall–Kier alpha value is -1.16. The second-order valence-corrected chi connectivity index (χ2v) is 5.12. The van der Waals surface area contributed by atoms with Gasteiger partial charge in [-0.25, -0.2) is 13.8 Å². The summed E-state index contributed by atoms with van der Waals surface area (Å²) in [5, 5.41) is -0.353.